The van der Waals surface area contributed by atoms with Gasteiger partial charge in [0.25, 0.3) is 0 Å². The number of ether oxygens (including phenoxy) is 1. The molecule has 21 heavy (non-hydrogen) atoms. The fourth-order valence-electron chi connectivity index (χ4n) is 1.72. The number of nitro groups is 1. The molecule has 9 heteroatoms. The number of aromatic nitrogens is 2. The average molecular weight is 358 g/mol. The van der Waals surface area contributed by atoms with E-state index in [-0.39, 0.29) is 18.0 Å². The second kappa shape index (κ2) is 6.19. The van der Waals surface area contributed by atoms with Crippen molar-refractivity contribution in [3.63, 3.8) is 0 Å². The Kier molecular flexibility index (Phi) is 4.53. The van der Waals surface area contributed by atoms with Crippen molar-refractivity contribution in [3.8, 4) is 5.75 Å². The molecular formula is C12H12BrN3O5. The van der Waals surface area contributed by atoms with Crippen LogP contribution >= 0.6 is 15.9 Å². The molecule has 1 heterocycles. The molecule has 0 saturated carbocycles. The maximum atomic E-state index is 11.2. The lowest BCUT2D eigenvalue weighted by Crippen LogP contribution is -2.05. The number of aliphatic hydroxyl groups is 1. The minimum atomic E-state index is -0.923. The van der Waals surface area contributed by atoms with Gasteiger partial charge in [0.15, 0.2) is 0 Å². The molecule has 0 bridgehead atoms. The molecule has 0 radical (unpaired) electrons. The van der Waals surface area contributed by atoms with Gasteiger partial charge >= 0.3 is 5.69 Å². The third kappa shape index (κ3) is 3.37. The molecule has 2 aromatic rings. The lowest BCUT2D eigenvalue weighted by atomic mass is 10.1. The molecule has 0 unspecified atom stereocenters. The van der Waals surface area contributed by atoms with Crippen LogP contribution in [0.15, 0.2) is 21.2 Å². The van der Waals surface area contributed by atoms with Gasteiger partial charge in [0.1, 0.15) is 18.0 Å². The van der Waals surface area contributed by atoms with Gasteiger partial charge in [-0.15, -0.1) is 0 Å². The first kappa shape index (κ1) is 15.4. The van der Waals surface area contributed by atoms with Crippen molar-refractivity contribution >= 4 is 21.6 Å². The Balaban J connectivity index is 2.40. The van der Waals surface area contributed by atoms with E-state index in [1.807, 2.05) is 0 Å². The van der Waals surface area contributed by atoms with Crippen molar-refractivity contribution in [1.82, 2.24) is 10.3 Å². The number of aryl methyl sites for hydroxylation is 1. The molecular weight excluding hydrogens is 346 g/mol. The zero-order valence-electron chi connectivity index (χ0n) is 11.2. The van der Waals surface area contributed by atoms with E-state index >= 15 is 0 Å². The average Bonchev–Trinajstić information content (AvgIpc) is 2.81. The fourth-order valence-corrected chi connectivity index (χ4v) is 2.19. The highest BCUT2D eigenvalue weighted by molar-refractivity contribution is 9.10. The molecule has 1 atom stereocenters. The summed E-state index contributed by atoms with van der Waals surface area (Å²) in [6, 6.07) is 2.88. The summed E-state index contributed by atoms with van der Waals surface area (Å²) in [5, 5.41) is 28.2. The molecule has 1 aromatic heterocycles. The highest BCUT2D eigenvalue weighted by Gasteiger charge is 2.24. The number of nitrogens with zero attached hydrogens (tertiary/aromatic N) is 3. The van der Waals surface area contributed by atoms with Gasteiger partial charge in [-0.05, 0) is 19.9 Å². The van der Waals surface area contributed by atoms with E-state index in [0.717, 1.165) is 0 Å². The van der Waals surface area contributed by atoms with Crippen LogP contribution in [-0.2, 0) is 6.61 Å². The molecule has 1 aromatic carbocycles. The van der Waals surface area contributed by atoms with Crippen molar-refractivity contribution in [2.24, 2.45) is 0 Å². The smallest absolute Gasteiger partial charge is 0.312 e. The highest BCUT2D eigenvalue weighted by atomic mass is 79.9. The van der Waals surface area contributed by atoms with E-state index < -0.39 is 11.0 Å². The van der Waals surface area contributed by atoms with Gasteiger partial charge in [-0.1, -0.05) is 26.2 Å². The maximum Gasteiger partial charge on any atom is 0.312 e. The Hall–Kier alpha value is -2.00. The van der Waals surface area contributed by atoms with Gasteiger partial charge in [-0.25, -0.2) is 4.63 Å². The third-order valence-electron chi connectivity index (χ3n) is 2.81. The molecule has 2 rings (SSSR count). The Morgan fingerprint density at radius 2 is 2.24 bits per heavy atom. The molecule has 0 saturated heterocycles. The molecule has 0 amide bonds. The van der Waals surface area contributed by atoms with Crippen LogP contribution in [0.2, 0.25) is 0 Å². The van der Waals surface area contributed by atoms with Crippen molar-refractivity contribution in [2.45, 2.75) is 26.6 Å². The molecule has 0 aliphatic carbocycles. The molecule has 112 valence electrons. The topological polar surface area (TPSA) is 112 Å². The summed E-state index contributed by atoms with van der Waals surface area (Å²) in [7, 11) is 0. The first-order valence-corrected chi connectivity index (χ1v) is 6.76. The summed E-state index contributed by atoms with van der Waals surface area (Å²) in [6.07, 6.45) is -0.923. The number of nitro benzene ring substituents is 1. The highest BCUT2D eigenvalue weighted by Crippen LogP contribution is 2.38. The van der Waals surface area contributed by atoms with Crippen LogP contribution < -0.4 is 4.74 Å². The summed E-state index contributed by atoms with van der Waals surface area (Å²) >= 11 is 3.18. The van der Waals surface area contributed by atoms with E-state index in [2.05, 4.69) is 30.9 Å². The first-order chi connectivity index (χ1) is 9.90. The van der Waals surface area contributed by atoms with Gasteiger partial charge in [-0.2, -0.15) is 0 Å². The molecule has 0 spiro atoms. The van der Waals surface area contributed by atoms with Crippen molar-refractivity contribution in [2.75, 3.05) is 0 Å². The van der Waals surface area contributed by atoms with E-state index in [1.54, 1.807) is 13.0 Å². The summed E-state index contributed by atoms with van der Waals surface area (Å²) in [4.78, 5) is 10.6. The van der Waals surface area contributed by atoms with E-state index in [4.69, 9.17) is 4.74 Å². The summed E-state index contributed by atoms with van der Waals surface area (Å²) < 4.78 is 10.5. The lowest BCUT2D eigenvalue weighted by Gasteiger charge is -2.13. The SMILES string of the molecule is Cc1nonc1COc1c([C@H](C)O)cc(Br)cc1[N+](=O)[O-]. The van der Waals surface area contributed by atoms with Crippen LogP contribution in [0.1, 0.15) is 30.0 Å². The van der Waals surface area contributed by atoms with Crippen molar-refractivity contribution < 1.29 is 19.4 Å². The molecule has 0 aliphatic heterocycles. The Bertz CT molecular complexity index is 671. The predicted molar refractivity (Wildman–Crippen MR) is 74.8 cm³/mol. The fraction of sp³-hybridized carbons (Fsp3) is 0.333. The minimum absolute atomic E-state index is 0.000556. The second-order valence-electron chi connectivity index (χ2n) is 4.36. The van der Waals surface area contributed by atoms with Crippen LogP contribution in [0, 0.1) is 17.0 Å². The molecule has 0 aliphatic rings. The Morgan fingerprint density at radius 3 is 2.76 bits per heavy atom. The number of rotatable bonds is 5. The van der Waals surface area contributed by atoms with Crippen LogP contribution in [0.25, 0.3) is 0 Å². The third-order valence-corrected chi connectivity index (χ3v) is 3.27. The lowest BCUT2D eigenvalue weighted by molar-refractivity contribution is -0.386. The molecule has 8 nitrogen and oxygen atoms in total. The number of halogens is 1. The second-order valence-corrected chi connectivity index (χ2v) is 5.28. The molecule has 0 fully saturated rings. The maximum absolute atomic E-state index is 11.2. The standard InChI is InChI=1S/C12H12BrN3O5/c1-6-10(15-21-14-6)5-20-12-9(7(2)17)3-8(13)4-11(12)16(18)19/h3-4,7,17H,5H2,1-2H3/t7-/m0/s1. The minimum Gasteiger partial charge on any atom is -0.480 e. The van der Waals surface area contributed by atoms with Crippen molar-refractivity contribution in [3.05, 3.63) is 43.7 Å². The normalized spacial score (nSPS) is 12.2. The number of hydrogen-bond acceptors (Lipinski definition) is 7. The van der Waals surface area contributed by atoms with Gasteiger partial charge in [0, 0.05) is 16.1 Å². The zero-order valence-corrected chi connectivity index (χ0v) is 12.8. The number of hydrogen-bond donors (Lipinski definition) is 1. The van der Waals surface area contributed by atoms with Crippen LogP contribution in [0.3, 0.4) is 0 Å². The van der Waals surface area contributed by atoms with Crippen LogP contribution in [-0.4, -0.2) is 20.3 Å². The van der Waals surface area contributed by atoms with E-state index in [1.165, 1.54) is 13.0 Å². The zero-order chi connectivity index (χ0) is 15.6. The summed E-state index contributed by atoms with van der Waals surface area (Å²) in [5.74, 6) is 0.000556. The monoisotopic (exact) mass is 357 g/mol. The van der Waals surface area contributed by atoms with Crippen LogP contribution in [0.5, 0.6) is 5.75 Å². The summed E-state index contributed by atoms with van der Waals surface area (Å²) in [5.41, 5.74) is 1.04. The Labute approximate surface area is 128 Å². The van der Waals surface area contributed by atoms with Gasteiger partial charge < -0.3 is 9.84 Å². The number of aliphatic hydroxyl groups excluding tert-OH is 1. The van der Waals surface area contributed by atoms with E-state index in [9.17, 15) is 15.2 Å². The predicted octanol–water partition coefficient (Wildman–Crippen LogP) is 2.68. The summed E-state index contributed by atoms with van der Waals surface area (Å²) in [6.45, 7) is 3.14. The van der Waals surface area contributed by atoms with Gasteiger partial charge in [0.2, 0.25) is 5.75 Å². The van der Waals surface area contributed by atoms with Crippen molar-refractivity contribution in [1.29, 1.82) is 0 Å². The molecule has 1 N–H and O–H groups in total. The largest absolute Gasteiger partial charge is 0.480 e. The Morgan fingerprint density at radius 1 is 1.52 bits per heavy atom. The van der Waals surface area contributed by atoms with Gasteiger partial charge in [0.05, 0.1) is 11.0 Å². The quantitative estimate of drug-likeness (QED) is 0.646. The van der Waals surface area contributed by atoms with E-state index in [0.29, 0.717) is 21.4 Å². The number of benzene rings is 1. The first-order valence-electron chi connectivity index (χ1n) is 5.97. The van der Waals surface area contributed by atoms with Gasteiger partial charge in [-0.3, -0.25) is 10.1 Å². The van der Waals surface area contributed by atoms with Crippen LogP contribution in [0.4, 0.5) is 5.69 Å².